The van der Waals surface area contributed by atoms with Crippen LogP contribution in [0.1, 0.15) is 21.8 Å². The zero-order chi connectivity index (χ0) is 28.8. The monoisotopic (exact) mass is 540 g/mol. The summed E-state index contributed by atoms with van der Waals surface area (Å²) in [4.78, 5) is 43.7. The van der Waals surface area contributed by atoms with E-state index in [4.69, 9.17) is 24.7 Å². The molecule has 3 aromatic rings. The first-order chi connectivity index (χ1) is 19.3. The van der Waals surface area contributed by atoms with Gasteiger partial charge in [-0.3, -0.25) is 4.90 Å². The van der Waals surface area contributed by atoms with Crippen LogP contribution < -0.4 is 15.4 Å². The summed E-state index contributed by atoms with van der Waals surface area (Å²) >= 11 is 0. The molecular weight excluding hydrogens is 516 g/mol. The van der Waals surface area contributed by atoms with Crippen LogP contribution in [0.25, 0.3) is 0 Å². The van der Waals surface area contributed by atoms with Gasteiger partial charge < -0.3 is 24.7 Å². The number of nitrogens with two attached hydrogens (primary N) is 1. The molecule has 40 heavy (non-hydrogen) atoms. The maximum absolute atomic E-state index is 13.2. The van der Waals surface area contributed by atoms with Crippen LogP contribution in [0.2, 0.25) is 0 Å². The Bertz CT molecular complexity index is 1570. The van der Waals surface area contributed by atoms with E-state index >= 15 is 0 Å². The fourth-order valence-electron chi connectivity index (χ4n) is 4.30. The van der Waals surface area contributed by atoms with Gasteiger partial charge in [-0.15, -0.1) is 0 Å². The number of hydrogen-bond acceptors (Lipinski definition) is 11. The van der Waals surface area contributed by atoms with Crippen molar-refractivity contribution in [2.45, 2.75) is 5.92 Å². The van der Waals surface area contributed by atoms with Gasteiger partial charge in [0.15, 0.2) is 0 Å². The predicted molar refractivity (Wildman–Crippen MR) is 142 cm³/mol. The van der Waals surface area contributed by atoms with E-state index in [-0.39, 0.29) is 45.5 Å². The summed E-state index contributed by atoms with van der Waals surface area (Å²) < 4.78 is 20.7. The molecule has 2 N–H and O–H groups in total. The highest BCUT2D eigenvalue weighted by Gasteiger charge is 2.43. The van der Waals surface area contributed by atoms with Crippen molar-refractivity contribution in [1.82, 2.24) is 4.98 Å². The summed E-state index contributed by atoms with van der Waals surface area (Å²) in [6, 6.07) is 20.0. The topological polar surface area (TPSA) is 154 Å². The Morgan fingerprint density at radius 2 is 1.60 bits per heavy atom. The molecule has 1 aliphatic rings. The molecule has 0 radical (unpaired) electrons. The van der Waals surface area contributed by atoms with Crippen molar-refractivity contribution in [1.29, 1.82) is 5.26 Å². The molecule has 0 amide bonds. The zero-order valence-corrected chi connectivity index (χ0v) is 21.8. The van der Waals surface area contributed by atoms with Gasteiger partial charge in [0.2, 0.25) is 5.88 Å². The van der Waals surface area contributed by atoms with E-state index in [1.165, 1.54) is 50.6 Å². The van der Waals surface area contributed by atoms with E-state index in [0.29, 0.717) is 5.56 Å². The smallest absolute Gasteiger partial charge is 0.355 e. The van der Waals surface area contributed by atoms with Crippen LogP contribution in [0.15, 0.2) is 95.6 Å². The third-order valence-electron chi connectivity index (χ3n) is 6.06. The molecule has 1 atom stereocenters. The molecule has 0 fully saturated rings. The molecule has 0 bridgehead atoms. The summed E-state index contributed by atoms with van der Waals surface area (Å²) in [6.07, 6.45) is 1.39. The highest BCUT2D eigenvalue weighted by molar-refractivity contribution is 6.06. The molecular formula is C29H24N4O7. The van der Waals surface area contributed by atoms with Gasteiger partial charge in [-0.25, -0.2) is 19.4 Å². The number of benzene rings is 2. The minimum atomic E-state index is -0.992. The van der Waals surface area contributed by atoms with E-state index in [0.717, 1.165) is 0 Å². The number of aromatic nitrogens is 1. The number of anilines is 1. The first-order valence-corrected chi connectivity index (χ1v) is 11.8. The molecule has 1 aliphatic heterocycles. The molecule has 4 rings (SSSR count). The number of carbonyl (C=O) groups is 3. The number of nitrogens with zero attached hydrogens (tertiary/aromatic N) is 3. The van der Waals surface area contributed by atoms with Gasteiger partial charge in [-0.1, -0.05) is 36.4 Å². The maximum atomic E-state index is 13.2. The second kappa shape index (κ2) is 11.8. The number of hydrogen-bond donors (Lipinski definition) is 1. The summed E-state index contributed by atoms with van der Waals surface area (Å²) in [5.41, 5.74) is 7.29. The number of carbonyl (C=O) groups excluding carboxylic acids is 3. The van der Waals surface area contributed by atoms with Crippen molar-refractivity contribution in [3.05, 3.63) is 107 Å². The van der Waals surface area contributed by atoms with Gasteiger partial charge in [0.05, 0.1) is 55.7 Å². The second-order valence-corrected chi connectivity index (χ2v) is 8.31. The van der Waals surface area contributed by atoms with Crippen molar-refractivity contribution in [2.75, 3.05) is 26.2 Å². The molecule has 2 heterocycles. The fourth-order valence-corrected chi connectivity index (χ4v) is 4.30. The SMILES string of the molecule is COC(=O)C1=C(C(=O)OC)N(c2cccc(Oc3cc(C(=O)OC)ccn3)c2)C(N)=C(C#N)C1c1ccccc1. The number of pyridine rings is 1. The quantitative estimate of drug-likeness (QED) is 0.345. The van der Waals surface area contributed by atoms with Gasteiger partial charge in [0.1, 0.15) is 17.3 Å². The molecule has 0 spiro atoms. The van der Waals surface area contributed by atoms with Gasteiger partial charge >= 0.3 is 17.9 Å². The number of ether oxygens (including phenoxy) is 4. The van der Waals surface area contributed by atoms with Crippen LogP contribution in [-0.2, 0) is 23.8 Å². The molecule has 2 aromatic carbocycles. The highest BCUT2D eigenvalue weighted by atomic mass is 16.5. The largest absolute Gasteiger partial charge is 0.466 e. The number of allylic oxidation sites excluding steroid dienone is 1. The van der Waals surface area contributed by atoms with E-state index < -0.39 is 23.8 Å². The van der Waals surface area contributed by atoms with Crippen LogP contribution in [0, 0.1) is 11.3 Å². The molecule has 0 saturated heterocycles. The summed E-state index contributed by atoms with van der Waals surface area (Å²) in [7, 11) is 3.60. The Labute approximate surface area is 229 Å². The van der Waals surface area contributed by atoms with Crippen molar-refractivity contribution in [3.8, 4) is 17.7 Å². The minimum Gasteiger partial charge on any atom is -0.466 e. The Balaban J connectivity index is 1.88. The Morgan fingerprint density at radius 3 is 2.25 bits per heavy atom. The van der Waals surface area contributed by atoms with Gasteiger partial charge in [-0.2, -0.15) is 5.26 Å². The standard InChI is InChI=1S/C29H24N4O7/c1-37-27(34)18-12-13-32-22(14-18)40-20-11-7-10-19(15-20)33-25(29(36)39-3)24(28(35)38-2)23(21(16-30)26(33)31)17-8-5-4-6-9-17/h4-15,23H,31H2,1-3H3. The lowest BCUT2D eigenvalue weighted by Crippen LogP contribution is -2.40. The molecule has 11 nitrogen and oxygen atoms in total. The molecule has 1 aromatic heterocycles. The van der Waals surface area contributed by atoms with Crippen molar-refractivity contribution < 1.29 is 33.3 Å². The van der Waals surface area contributed by atoms with Gasteiger partial charge in [0, 0.05) is 18.3 Å². The normalized spacial score (nSPS) is 14.8. The van der Waals surface area contributed by atoms with Crippen LogP contribution in [0.5, 0.6) is 11.6 Å². The molecule has 0 saturated carbocycles. The van der Waals surface area contributed by atoms with Crippen LogP contribution in [0.3, 0.4) is 0 Å². The minimum absolute atomic E-state index is 0.0259. The third-order valence-corrected chi connectivity index (χ3v) is 6.06. The number of esters is 3. The Kier molecular flexibility index (Phi) is 8.10. The first kappa shape index (κ1) is 27.4. The predicted octanol–water partition coefficient (Wildman–Crippen LogP) is 3.56. The summed E-state index contributed by atoms with van der Waals surface area (Å²) in [5, 5.41) is 10.2. The van der Waals surface area contributed by atoms with Crippen LogP contribution in [-0.4, -0.2) is 44.2 Å². The van der Waals surface area contributed by atoms with Crippen LogP contribution >= 0.6 is 0 Å². The second-order valence-electron chi connectivity index (χ2n) is 8.31. The van der Waals surface area contributed by atoms with E-state index in [1.54, 1.807) is 48.5 Å². The third kappa shape index (κ3) is 5.19. The zero-order valence-electron chi connectivity index (χ0n) is 21.8. The lowest BCUT2D eigenvalue weighted by molar-refractivity contribution is -0.139. The van der Waals surface area contributed by atoms with Gasteiger partial charge in [-0.05, 0) is 23.8 Å². The van der Waals surface area contributed by atoms with Crippen molar-refractivity contribution >= 4 is 23.6 Å². The van der Waals surface area contributed by atoms with E-state index in [9.17, 15) is 19.6 Å². The average Bonchev–Trinajstić information content (AvgIpc) is 2.99. The average molecular weight is 541 g/mol. The Hall–Kier alpha value is -5.63. The highest BCUT2D eigenvalue weighted by Crippen LogP contribution is 2.43. The van der Waals surface area contributed by atoms with E-state index in [1.807, 2.05) is 0 Å². The van der Waals surface area contributed by atoms with Crippen molar-refractivity contribution in [3.63, 3.8) is 0 Å². The Morgan fingerprint density at radius 1 is 0.900 bits per heavy atom. The van der Waals surface area contributed by atoms with Crippen molar-refractivity contribution in [2.24, 2.45) is 5.73 Å². The molecule has 0 aliphatic carbocycles. The number of rotatable bonds is 7. The van der Waals surface area contributed by atoms with E-state index in [2.05, 4.69) is 11.1 Å². The summed E-state index contributed by atoms with van der Waals surface area (Å²) in [5.74, 6) is -3.00. The molecule has 11 heteroatoms. The number of nitriles is 1. The van der Waals surface area contributed by atoms with Gasteiger partial charge in [0.25, 0.3) is 0 Å². The maximum Gasteiger partial charge on any atom is 0.355 e. The fraction of sp³-hybridized carbons (Fsp3) is 0.138. The van der Waals surface area contributed by atoms with Crippen LogP contribution in [0.4, 0.5) is 5.69 Å². The lowest BCUT2D eigenvalue weighted by atomic mass is 9.81. The molecule has 1 unspecified atom stereocenters. The molecule has 202 valence electrons. The lowest BCUT2D eigenvalue weighted by Gasteiger charge is -2.36. The first-order valence-electron chi connectivity index (χ1n) is 11.8. The number of methoxy groups -OCH3 is 3. The summed E-state index contributed by atoms with van der Waals surface area (Å²) in [6.45, 7) is 0.